The number of allylic oxidation sites excluding steroid dienone is 2. The standard InChI is InChI=1S/C18H20N2O2/c1-4-11(2)14-10-13(19)8-9-15(14)20-18(22)17-12(3)6-5-7-16(17)21/h4-10,21H,19H2,1-3H3,(H,20,22)/b11-4+. The molecule has 0 aliphatic carbocycles. The highest BCUT2D eigenvalue weighted by Crippen LogP contribution is 2.28. The summed E-state index contributed by atoms with van der Waals surface area (Å²) in [5.74, 6) is -0.372. The van der Waals surface area contributed by atoms with Crippen molar-refractivity contribution in [3.8, 4) is 5.75 Å². The molecule has 0 fully saturated rings. The van der Waals surface area contributed by atoms with Crippen molar-refractivity contribution in [3.05, 3.63) is 59.2 Å². The minimum Gasteiger partial charge on any atom is -0.507 e. The summed E-state index contributed by atoms with van der Waals surface area (Å²) >= 11 is 0. The number of benzene rings is 2. The second-order valence-corrected chi connectivity index (χ2v) is 5.20. The second-order valence-electron chi connectivity index (χ2n) is 5.20. The minimum absolute atomic E-state index is 0.0303. The first-order chi connectivity index (χ1) is 10.4. The van der Waals surface area contributed by atoms with Gasteiger partial charge < -0.3 is 16.2 Å². The Bertz CT molecular complexity index is 728. The Kier molecular flexibility index (Phi) is 4.51. The molecule has 4 nitrogen and oxygen atoms in total. The second kappa shape index (κ2) is 6.35. The van der Waals surface area contributed by atoms with Crippen LogP contribution in [0.4, 0.5) is 11.4 Å². The zero-order chi connectivity index (χ0) is 16.3. The molecule has 0 unspecified atom stereocenters. The lowest BCUT2D eigenvalue weighted by Gasteiger charge is -2.14. The molecule has 0 heterocycles. The van der Waals surface area contributed by atoms with Gasteiger partial charge in [0.2, 0.25) is 0 Å². The van der Waals surface area contributed by atoms with E-state index in [1.165, 1.54) is 6.07 Å². The normalized spacial score (nSPS) is 11.3. The molecule has 22 heavy (non-hydrogen) atoms. The average Bonchev–Trinajstić information content (AvgIpc) is 2.48. The lowest BCUT2D eigenvalue weighted by molar-refractivity contribution is 0.102. The number of hydrogen-bond donors (Lipinski definition) is 3. The molecule has 0 atom stereocenters. The molecule has 0 radical (unpaired) electrons. The SMILES string of the molecule is C/C=C(\C)c1cc(N)ccc1NC(=O)c1c(C)cccc1O. The van der Waals surface area contributed by atoms with Crippen LogP contribution in [0.1, 0.15) is 35.3 Å². The molecule has 0 saturated carbocycles. The first-order valence-electron chi connectivity index (χ1n) is 7.06. The third-order valence-electron chi connectivity index (χ3n) is 3.63. The number of nitrogen functional groups attached to an aromatic ring is 1. The van der Waals surface area contributed by atoms with Gasteiger partial charge in [0.05, 0.1) is 5.56 Å². The van der Waals surface area contributed by atoms with E-state index in [-0.39, 0.29) is 17.2 Å². The van der Waals surface area contributed by atoms with Gasteiger partial charge in [-0.1, -0.05) is 18.2 Å². The summed E-state index contributed by atoms with van der Waals surface area (Å²) < 4.78 is 0. The number of nitrogens with two attached hydrogens (primary N) is 1. The Morgan fingerprint density at radius 3 is 2.64 bits per heavy atom. The molecule has 0 spiro atoms. The summed E-state index contributed by atoms with van der Waals surface area (Å²) in [5.41, 5.74) is 10.0. The number of anilines is 2. The molecule has 0 aliphatic heterocycles. The summed E-state index contributed by atoms with van der Waals surface area (Å²) in [6.45, 7) is 5.67. The number of nitrogens with one attached hydrogen (secondary N) is 1. The van der Waals surface area contributed by atoms with Crippen molar-refractivity contribution >= 4 is 22.9 Å². The van der Waals surface area contributed by atoms with Crippen LogP contribution in [-0.2, 0) is 0 Å². The molecule has 2 rings (SSSR count). The molecule has 2 aromatic carbocycles. The molecule has 114 valence electrons. The molecule has 2 aromatic rings. The van der Waals surface area contributed by atoms with Crippen LogP contribution in [0, 0.1) is 6.92 Å². The minimum atomic E-state index is -0.342. The summed E-state index contributed by atoms with van der Waals surface area (Å²) in [4.78, 5) is 12.5. The predicted octanol–water partition coefficient (Wildman–Crippen LogP) is 3.96. The molecule has 0 aromatic heterocycles. The highest BCUT2D eigenvalue weighted by atomic mass is 16.3. The van der Waals surface area contributed by atoms with Crippen molar-refractivity contribution in [3.63, 3.8) is 0 Å². The molecule has 0 saturated heterocycles. The van der Waals surface area contributed by atoms with Gasteiger partial charge in [0.1, 0.15) is 5.75 Å². The number of carbonyl (C=O) groups excluding carboxylic acids is 1. The fourth-order valence-electron chi connectivity index (χ4n) is 2.29. The van der Waals surface area contributed by atoms with E-state index in [0.717, 1.165) is 16.7 Å². The third kappa shape index (κ3) is 3.11. The maximum Gasteiger partial charge on any atom is 0.259 e. The van der Waals surface area contributed by atoms with Crippen molar-refractivity contribution in [2.45, 2.75) is 20.8 Å². The summed E-state index contributed by atoms with van der Waals surface area (Å²) in [6.07, 6.45) is 1.95. The zero-order valence-corrected chi connectivity index (χ0v) is 13.0. The van der Waals surface area contributed by atoms with E-state index < -0.39 is 0 Å². The Labute approximate surface area is 130 Å². The van der Waals surface area contributed by atoms with Gasteiger partial charge in [-0.25, -0.2) is 0 Å². The molecular weight excluding hydrogens is 276 g/mol. The fraction of sp³-hybridized carbons (Fsp3) is 0.167. The Hall–Kier alpha value is -2.75. The van der Waals surface area contributed by atoms with Crippen LogP contribution in [0.15, 0.2) is 42.5 Å². The van der Waals surface area contributed by atoms with E-state index in [9.17, 15) is 9.90 Å². The number of rotatable bonds is 3. The Morgan fingerprint density at radius 2 is 2.00 bits per heavy atom. The number of amides is 1. The van der Waals surface area contributed by atoms with Gasteiger partial charge in [-0.3, -0.25) is 4.79 Å². The number of phenolic OH excluding ortho intramolecular Hbond substituents is 1. The molecule has 1 amide bonds. The highest BCUT2D eigenvalue weighted by Gasteiger charge is 2.16. The molecule has 0 aliphatic rings. The van der Waals surface area contributed by atoms with Crippen LogP contribution in [0.2, 0.25) is 0 Å². The summed E-state index contributed by atoms with van der Waals surface area (Å²) in [6, 6.07) is 10.3. The van der Waals surface area contributed by atoms with Crippen molar-refractivity contribution in [2.75, 3.05) is 11.1 Å². The highest BCUT2D eigenvalue weighted by molar-refractivity contribution is 6.08. The predicted molar refractivity (Wildman–Crippen MR) is 91.0 cm³/mol. The topological polar surface area (TPSA) is 75.3 Å². The van der Waals surface area contributed by atoms with E-state index in [0.29, 0.717) is 11.4 Å². The van der Waals surface area contributed by atoms with Gasteiger partial charge in [0, 0.05) is 16.9 Å². The number of phenols is 1. The molecule has 4 N–H and O–H groups in total. The van der Waals surface area contributed by atoms with Crippen LogP contribution in [0.25, 0.3) is 5.57 Å². The van der Waals surface area contributed by atoms with Crippen molar-refractivity contribution in [2.24, 2.45) is 0 Å². The number of aryl methyl sites for hydroxylation is 1. The van der Waals surface area contributed by atoms with Gasteiger partial charge in [-0.2, -0.15) is 0 Å². The van der Waals surface area contributed by atoms with Crippen LogP contribution in [-0.4, -0.2) is 11.0 Å². The molecule has 4 heteroatoms. The smallest absolute Gasteiger partial charge is 0.259 e. The van der Waals surface area contributed by atoms with Crippen molar-refractivity contribution in [1.29, 1.82) is 0 Å². The lowest BCUT2D eigenvalue weighted by atomic mass is 10.0. The fourth-order valence-corrected chi connectivity index (χ4v) is 2.29. The maximum absolute atomic E-state index is 12.5. The van der Waals surface area contributed by atoms with Gasteiger partial charge in [-0.15, -0.1) is 0 Å². The van der Waals surface area contributed by atoms with Crippen molar-refractivity contribution in [1.82, 2.24) is 0 Å². The van der Waals surface area contributed by atoms with Gasteiger partial charge in [-0.05, 0) is 56.2 Å². The Morgan fingerprint density at radius 1 is 1.27 bits per heavy atom. The van der Waals surface area contributed by atoms with E-state index in [4.69, 9.17) is 5.73 Å². The van der Waals surface area contributed by atoms with E-state index >= 15 is 0 Å². The largest absolute Gasteiger partial charge is 0.507 e. The summed E-state index contributed by atoms with van der Waals surface area (Å²) in [5, 5.41) is 12.8. The molecule has 0 bridgehead atoms. The molecular formula is C18H20N2O2. The van der Waals surface area contributed by atoms with E-state index in [1.807, 2.05) is 26.0 Å². The van der Waals surface area contributed by atoms with Crippen molar-refractivity contribution < 1.29 is 9.90 Å². The van der Waals surface area contributed by atoms with Crippen LogP contribution in [0.3, 0.4) is 0 Å². The van der Waals surface area contributed by atoms with Gasteiger partial charge in [0.15, 0.2) is 0 Å². The monoisotopic (exact) mass is 296 g/mol. The van der Waals surface area contributed by atoms with E-state index in [2.05, 4.69) is 5.32 Å². The van der Waals surface area contributed by atoms with Crippen LogP contribution >= 0.6 is 0 Å². The van der Waals surface area contributed by atoms with Gasteiger partial charge >= 0.3 is 0 Å². The third-order valence-corrected chi connectivity index (χ3v) is 3.63. The summed E-state index contributed by atoms with van der Waals surface area (Å²) in [7, 11) is 0. The number of carbonyl (C=O) groups is 1. The maximum atomic E-state index is 12.5. The first kappa shape index (κ1) is 15.6. The average molecular weight is 296 g/mol. The number of aromatic hydroxyl groups is 1. The Balaban J connectivity index is 2.41. The van der Waals surface area contributed by atoms with Gasteiger partial charge in [0.25, 0.3) is 5.91 Å². The quantitative estimate of drug-likeness (QED) is 0.750. The lowest BCUT2D eigenvalue weighted by Crippen LogP contribution is -2.15. The first-order valence-corrected chi connectivity index (χ1v) is 7.06. The van der Waals surface area contributed by atoms with E-state index in [1.54, 1.807) is 31.2 Å². The van der Waals surface area contributed by atoms with Crippen LogP contribution < -0.4 is 11.1 Å². The number of hydrogen-bond acceptors (Lipinski definition) is 3. The zero-order valence-electron chi connectivity index (χ0n) is 13.0. The van der Waals surface area contributed by atoms with Crippen LogP contribution in [0.5, 0.6) is 5.75 Å².